The van der Waals surface area contributed by atoms with Crippen molar-refractivity contribution in [2.24, 2.45) is 0 Å². The van der Waals surface area contributed by atoms with Gasteiger partial charge >= 0.3 is 0 Å². The topological polar surface area (TPSA) is 62.3 Å². The minimum Gasteiger partial charge on any atom is -0.351 e. The number of likely N-dealkylation sites (N-methyl/N-ethyl adjacent to an activating group) is 1. The van der Waals surface area contributed by atoms with Crippen molar-refractivity contribution < 1.29 is 8.42 Å². The summed E-state index contributed by atoms with van der Waals surface area (Å²) in [6.07, 6.45) is 6.24. The first-order valence-electron chi connectivity index (χ1n) is 6.60. The molecular formula is C13H21N3O2S. The van der Waals surface area contributed by atoms with Crippen LogP contribution in [0.3, 0.4) is 0 Å². The summed E-state index contributed by atoms with van der Waals surface area (Å²) in [6, 6.07) is 3.63. The van der Waals surface area contributed by atoms with Crippen LogP contribution in [-0.4, -0.2) is 45.8 Å². The third-order valence-electron chi connectivity index (χ3n) is 3.49. The summed E-state index contributed by atoms with van der Waals surface area (Å²) in [5.41, 5.74) is 0. The molecule has 0 spiro atoms. The van der Waals surface area contributed by atoms with Gasteiger partial charge in [-0.25, -0.2) is 13.4 Å². The standard InChI is InChI=1S/C13H21N3O2S/c1-14-10-11-6-3-4-9-16(11)13-12(19(2,17)18)7-5-8-15-13/h5,7-8,11,14H,3-4,6,9-10H2,1-2H3. The molecule has 2 rings (SSSR count). The molecule has 0 radical (unpaired) electrons. The fraction of sp³-hybridized carbons (Fsp3) is 0.615. The van der Waals surface area contributed by atoms with Gasteiger partial charge in [-0.2, -0.15) is 0 Å². The Hall–Kier alpha value is -1.14. The number of piperidine rings is 1. The molecule has 0 aromatic carbocycles. The van der Waals surface area contributed by atoms with E-state index < -0.39 is 9.84 Å². The van der Waals surface area contributed by atoms with Crippen molar-refractivity contribution in [3.8, 4) is 0 Å². The van der Waals surface area contributed by atoms with Gasteiger partial charge in [0.2, 0.25) is 0 Å². The van der Waals surface area contributed by atoms with Crippen molar-refractivity contribution in [2.45, 2.75) is 30.2 Å². The number of pyridine rings is 1. The quantitative estimate of drug-likeness (QED) is 0.895. The lowest BCUT2D eigenvalue weighted by molar-refractivity contribution is 0.441. The number of nitrogens with zero attached hydrogens (tertiary/aromatic N) is 2. The molecule has 0 aliphatic carbocycles. The van der Waals surface area contributed by atoms with Gasteiger partial charge in [0.15, 0.2) is 9.84 Å². The first-order chi connectivity index (χ1) is 9.04. The molecule has 19 heavy (non-hydrogen) atoms. The highest BCUT2D eigenvalue weighted by atomic mass is 32.2. The molecule has 1 atom stereocenters. The van der Waals surface area contributed by atoms with E-state index in [1.807, 2.05) is 7.05 Å². The Balaban J connectivity index is 2.39. The van der Waals surface area contributed by atoms with Crippen LogP contribution in [0.25, 0.3) is 0 Å². The van der Waals surface area contributed by atoms with Gasteiger partial charge in [-0.1, -0.05) is 0 Å². The van der Waals surface area contributed by atoms with Gasteiger partial charge in [0, 0.05) is 31.6 Å². The lowest BCUT2D eigenvalue weighted by Gasteiger charge is -2.37. The SMILES string of the molecule is CNCC1CCCCN1c1ncccc1S(C)(=O)=O. The van der Waals surface area contributed by atoms with Crippen molar-refractivity contribution >= 4 is 15.7 Å². The molecule has 2 heterocycles. The Morgan fingerprint density at radius 3 is 2.95 bits per heavy atom. The summed E-state index contributed by atoms with van der Waals surface area (Å²) in [7, 11) is -1.33. The minimum atomic E-state index is -3.25. The van der Waals surface area contributed by atoms with E-state index in [9.17, 15) is 8.42 Å². The van der Waals surface area contributed by atoms with Crippen LogP contribution in [0.4, 0.5) is 5.82 Å². The monoisotopic (exact) mass is 283 g/mol. The molecule has 106 valence electrons. The minimum absolute atomic E-state index is 0.314. The summed E-state index contributed by atoms with van der Waals surface area (Å²) >= 11 is 0. The maximum Gasteiger partial charge on any atom is 0.179 e. The van der Waals surface area contributed by atoms with Crippen LogP contribution < -0.4 is 10.2 Å². The molecule has 1 fully saturated rings. The number of sulfone groups is 1. The average Bonchev–Trinajstić information content (AvgIpc) is 2.39. The number of aromatic nitrogens is 1. The number of hydrogen-bond acceptors (Lipinski definition) is 5. The summed E-state index contributed by atoms with van der Waals surface area (Å²) in [5, 5.41) is 3.18. The number of hydrogen-bond donors (Lipinski definition) is 1. The molecule has 1 saturated heterocycles. The van der Waals surface area contributed by atoms with Gasteiger partial charge in [0.1, 0.15) is 10.7 Å². The van der Waals surface area contributed by atoms with Crippen molar-refractivity contribution in [1.29, 1.82) is 0 Å². The molecule has 0 amide bonds. The Bertz CT molecular complexity index is 528. The third-order valence-corrected chi connectivity index (χ3v) is 4.61. The predicted octanol–water partition coefficient (Wildman–Crippen LogP) is 1.06. The van der Waals surface area contributed by atoms with Crippen molar-refractivity contribution in [3.05, 3.63) is 18.3 Å². The number of anilines is 1. The summed E-state index contributed by atoms with van der Waals surface area (Å²) in [6.45, 7) is 1.71. The summed E-state index contributed by atoms with van der Waals surface area (Å²) in [4.78, 5) is 6.79. The van der Waals surface area contributed by atoms with Crippen molar-refractivity contribution in [1.82, 2.24) is 10.3 Å². The van der Waals surface area contributed by atoms with Crippen LogP contribution in [0.2, 0.25) is 0 Å². The summed E-state index contributed by atoms with van der Waals surface area (Å²) < 4.78 is 23.8. The van der Waals surface area contributed by atoms with Crippen molar-refractivity contribution in [3.63, 3.8) is 0 Å². The van der Waals surface area contributed by atoms with Gasteiger partial charge in [-0.05, 0) is 38.4 Å². The lowest BCUT2D eigenvalue weighted by atomic mass is 10.0. The maximum atomic E-state index is 11.9. The third kappa shape index (κ3) is 3.25. The van der Waals surface area contributed by atoms with Crippen LogP contribution >= 0.6 is 0 Å². The van der Waals surface area contributed by atoms with Crippen LogP contribution in [0.5, 0.6) is 0 Å². The largest absolute Gasteiger partial charge is 0.351 e. The van der Waals surface area contributed by atoms with E-state index in [0.29, 0.717) is 16.8 Å². The van der Waals surface area contributed by atoms with Crippen LogP contribution in [0, 0.1) is 0 Å². The molecule has 1 aliphatic rings. The number of nitrogens with one attached hydrogen (secondary N) is 1. The van der Waals surface area contributed by atoms with Gasteiger partial charge in [0.25, 0.3) is 0 Å². The maximum absolute atomic E-state index is 11.9. The normalized spacial score (nSPS) is 20.5. The molecule has 0 saturated carbocycles. The average molecular weight is 283 g/mol. The zero-order valence-corrected chi connectivity index (χ0v) is 12.3. The molecule has 5 nitrogen and oxygen atoms in total. The van der Waals surface area contributed by atoms with E-state index in [-0.39, 0.29) is 0 Å². The Morgan fingerprint density at radius 2 is 2.26 bits per heavy atom. The van der Waals surface area contributed by atoms with Crippen LogP contribution in [0.1, 0.15) is 19.3 Å². The van der Waals surface area contributed by atoms with E-state index in [0.717, 1.165) is 25.9 Å². The lowest BCUT2D eigenvalue weighted by Crippen LogP contribution is -2.45. The second-order valence-corrected chi connectivity index (χ2v) is 6.98. The van der Waals surface area contributed by atoms with Gasteiger partial charge < -0.3 is 10.2 Å². The fourth-order valence-corrected chi connectivity index (χ4v) is 3.44. The van der Waals surface area contributed by atoms with Gasteiger partial charge in [-0.15, -0.1) is 0 Å². The highest BCUT2D eigenvalue weighted by Crippen LogP contribution is 2.28. The van der Waals surface area contributed by atoms with Crippen LogP contribution in [-0.2, 0) is 9.84 Å². The first-order valence-corrected chi connectivity index (χ1v) is 8.49. The molecular weight excluding hydrogens is 262 g/mol. The Labute approximate surface area is 114 Å². The van der Waals surface area contributed by atoms with E-state index in [1.165, 1.54) is 12.7 Å². The highest BCUT2D eigenvalue weighted by molar-refractivity contribution is 7.90. The smallest absolute Gasteiger partial charge is 0.179 e. The Kier molecular flexibility index (Phi) is 4.42. The van der Waals surface area contributed by atoms with E-state index in [1.54, 1.807) is 18.3 Å². The molecule has 1 unspecified atom stereocenters. The molecule has 1 N–H and O–H groups in total. The van der Waals surface area contributed by atoms with E-state index >= 15 is 0 Å². The van der Waals surface area contributed by atoms with Crippen molar-refractivity contribution in [2.75, 3.05) is 31.3 Å². The zero-order chi connectivity index (χ0) is 13.9. The second kappa shape index (κ2) is 5.88. The van der Waals surface area contributed by atoms with E-state index in [2.05, 4.69) is 15.2 Å². The summed E-state index contributed by atoms with van der Waals surface area (Å²) in [5.74, 6) is 0.602. The Morgan fingerprint density at radius 1 is 1.47 bits per heavy atom. The zero-order valence-electron chi connectivity index (χ0n) is 11.5. The molecule has 0 bridgehead atoms. The number of rotatable bonds is 4. The molecule has 1 aromatic heterocycles. The molecule has 6 heteroatoms. The highest BCUT2D eigenvalue weighted by Gasteiger charge is 2.27. The van der Waals surface area contributed by atoms with E-state index in [4.69, 9.17) is 0 Å². The van der Waals surface area contributed by atoms with Gasteiger partial charge in [-0.3, -0.25) is 0 Å². The molecule has 1 aliphatic heterocycles. The molecule has 1 aromatic rings. The van der Waals surface area contributed by atoms with Gasteiger partial charge in [0.05, 0.1) is 0 Å². The first kappa shape index (κ1) is 14.3. The second-order valence-electron chi connectivity index (χ2n) is 5.00. The predicted molar refractivity (Wildman–Crippen MR) is 76.3 cm³/mol. The fourth-order valence-electron chi connectivity index (χ4n) is 2.61. The van der Waals surface area contributed by atoms with Crippen LogP contribution in [0.15, 0.2) is 23.2 Å².